The van der Waals surface area contributed by atoms with Crippen molar-refractivity contribution < 1.29 is 19.8 Å². The first-order chi connectivity index (χ1) is 7.91. The van der Waals surface area contributed by atoms with E-state index in [1.54, 1.807) is 0 Å². The first-order valence-corrected chi connectivity index (χ1v) is 5.53. The quantitative estimate of drug-likeness (QED) is 0.371. The topological polar surface area (TPSA) is 111 Å². The van der Waals surface area contributed by atoms with E-state index in [1.165, 1.54) is 13.8 Å². The third-order valence-corrected chi connectivity index (χ3v) is 2.74. The molecule has 1 heterocycles. The van der Waals surface area contributed by atoms with Crippen LogP contribution in [0, 0.1) is 0 Å². The fourth-order valence-electron chi connectivity index (χ4n) is 1.81. The second-order valence-corrected chi connectivity index (χ2v) is 4.24. The van der Waals surface area contributed by atoms with Crippen molar-refractivity contribution >= 4 is 11.8 Å². The summed E-state index contributed by atoms with van der Waals surface area (Å²) in [6.07, 6.45) is -1.92. The molecule has 0 bridgehead atoms. The van der Waals surface area contributed by atoms with Crippen molar-refractivity contribution in [2.45, 2.75) is 38.1 Å². The zero-order valence-corrected chi connectivity index (χ0v) is 9.93. The number of carbonyl (C=O) groups excluding carboxylic acids is 2. The zero-order valence-electron chi connectivity index (χ0n) is 9.93. The molecule has 0 aromatic carbocycles. The van der Waals surface area contributed by atoms with E-state index in [9.17, 15) is 19.8 Å². The summed E-state index contributed by atoms with van der Waals surface area (Å²) < 4.78 is 0. The number of carbonyl (C=O) groups is 2. The number of hydrogen-bond donors (Lipinski definition) is 5. The molecule has 7 heteroatoms. The van der Waals surface area contributed by atoms with Crippen LogP contribution in [0.25, 0.3) is 0 Å². The van der Waals surface area contributed by atoms with E-state index in [1.807, 2.05) is 0 Å². The van der Waals surface area contributed by atoms with E-state index in [4.69, 9.17) is 0 Å². The molecule has 4 atom stereocenters. The normalized spacial score (nSPS) is 32.2. The fraction of sp³-hybridized carbons (Fsp3) is 0.800. The van der Waals surface area contributed by atoms with Gasteiger partial charge in [0, 0.05) is 26.9 Å². The van der Waals surface area contributed by atoms with Crippen LogP contribution >= 0.6 is 0 Å². The SMILES string of the molecule is CC(=O)NCC1NC(CNC(C)=O)C(O)C1O. The summed E-state index contributed by atoms with van der Waals surface area (Å²) in [6, 6.07) is -0.819. The van der Waals surface area contributed by atoms with Crippen LogP contribution in [-0.4, -0.2) is 59.4 Å². The van der Waals surface area contributed by atoms with Gasteiger partial charge < -0.3 is 26.2 Å². The average molecular weight is 245 g/mol. The van der Waals surface area contributed by atoms with Crippen LogP contribution in [0.3, 0.4) is 0 Å². The molecule has 4 unspecified atom stereocenters. The lowest BCUT2D eigenvalue weighted by Crippen LogP contribution is -2.45. The Hall–Kier alpha value is -1.18. The summed E-state index contributed by atoms with van der Waals surface area (Å²) in [5.74, 6) is -0.391. The summed E-state index contributed by atoms with van der Waals surface area (Å²) in [4.78, 5) is 21.5. The highest BCUT2D eigenvalue weighted by Gasteiger charge is 2.40. The number of nitrogens with one attached hydrogen (secondary N) is 3. The molecule has 1 rings (SSSR count). The van der Waals surface area contributed by atoms with Gasteiger partial charge in [-0.3, -0.25) is 9.59 Å². The molecule has 1 saturated heterocycles. The van der Waals surface area contributed by atoms with E-state index >= 15 is 0 Å². The molecule has 1 fully saturated rings. The predicted molar refractivity (Wildman–Crippen MR) is 60.1 cm³/mol. The highest BCUT2D eigenvalue weighted by molar-refractivity contribution is 5.73. The van der Waals surface area contributed by atoms with Gasteiger partial charge in [0.2, 0.25) is 11.8 Å². The summed E-state index contributed by atoms with van der Waals surface area (Å²) in [7, 11) is 0. The molecule has 7 nitrogen and oxygen atoms in total. The van der Waals surface area contributed by atoms with Crippen molar-refractivity contribution in [1.82, 2.24) is 16.0 Å². The number of amides is 2. The minimum atomic E-state index is -0.958. The first kappa shape index (κ1) is 13.9. The molecule has 0 spiro atoms. The van der Waals surface area contributed by atoms with Crippen molar-refractivity contribution in [3.8, 4) is 0 Å². The molecule has 2 amide bonds. The smallest absolute Gasteiger partial charge is 0.216 e. The summed E-state index contributed by atoms with van der Waals surface area (Å²) in [5, 5.41) is 27.6. The largest absolute Gasteiger partial charge is 0.389 e. The van der Waals surface area contributed by atoms with Gasteiger partial charge in [0.1, 0.15) is 0 Å². The lowest BCUT2D eigenvalue weighted by Gasteiger charge is -2.15. The van der Waals surface area contributed by atoms with Crippen LogP contribution in [-0.2, 0) is 9.59 Å². The van der Waals surface area contributed by atoms with Gasteiger partial charge in [-0.2, -0.15) is 0 Å². The van der Waals surface area contributed by atoms with E-state index < -0.39 is 24.3 Å². The second kappa shape index (κ2) is 5.95. The van der Waals surface area contributed by atoms with E-state index in [-0.39, 0.29) is 24.9 Å². The van der Waals surface area contributed by atoms with Gasteiger partial charge in [-0.1, -0.05) is 0 Å². The first-order valence-electron chi connectivity index (χ1n) is 5.53. The minimum absolute atomic E-state index is 0.196. The molecule has 0 radical (unpaired) electrons. The Morgan fingerprint density at radius 1 is 1.00 bits per heavy atom. The van der Waals surface area contributed by atoms with Crippen molar-refractivity contribution in [1.29, 1.82) is 0 Å². The molecule has 5 N–H and O–H groups in total. The van der Waals surface area contributed by atoms with Crippen molar-refractivity contribution in [2.75, 3.05) is 13.1 Å². The molecule has 0 saturated carbocycles. The van der Waals surface area contributed by atoms with Crippen LogP contribution in [0.5, 0.6) is 0 Å². The van der Waals surface area contributed by atoms with Crippen molar-refractivity contribution in [3.63, 3.8) is 0 Å². The maximum absolute atomic E-state index is 10.7. The maximum atomic E-state index is 10.7. The molecule has 0 aromatic rings. The number of aliphatic hydroxyl groups excluding tert-OH is 2. The van der Waals surface area contributed by atoms with E-state index in [0.717, 1.165) is 0 Å². The van der Waals surface area contributed by atoms with Gasteiger partial charge in [-0.05, 0) is 0 Å². The van der Waals surface area contributed by atoms with Gasteiger partial charge >= 0.3 is 0 Å². The molecule has 0 aliphatic carbocycles. The molecule has 17 heavy (non-hydrogen) atoms. The average Bonchev–Trinajstić information content (AvgIpc) is 2.51. The number of aliphatic hydroxyl groups is 2. The van der Waals surface area contributed by atoms with E-state index in [2.05, 4.69) is 16.0 Å². The second-order valence-electron chi connectivity index (χ2n) is 4.24. The molecule has 0 aromatic heterocycles. The van der Waals surface area contributed by atoms with Crippen molar-refractivity contribution in [2.24, 2.45) is 0 Å². The summed E-state index contributed by atoms with van der Waals surface area (Å²) in [6.45, 7) is 3.24. The molecular formula is C10H19N3O4. The Morgan fingerprint density at radius 3 is 1.65 bits per heavy atom. The van der Waals surface area contributed by atoms with Crippen LogP contribution in [0.4, 0.5) is 0 Å². The highest BCUT2D eigenvalue weighted by atomic mass is 16.3. The van der Waals surface area contributed by atoms with Gasteiger partial charge in [-0.15, -0.1) is 0 Å². The maximum Gasteiger partial charge on any atom is 0.216 e. The Labute approximate surface area is 99.6 Å². The standard InChI is InChI=1S/C10H19N3O4/c1-5(14)11-3-7-9(16)10(17)8(13-7)4-12-6(2)15/h7-10,13,16-17H,3-4H2,1-2H3,(H,11,14)(H,12,15). The van der Waals surface area contributed by atoms with Gasteiger partial charge in [-0.25, -0.2) is 0 Å². The fourth-order valence-corrected chi connectivity index (χ4v) is 1.81. The molecular weight excluding hydrogens is 226 g/mol. The molecule has 1 aliphatic heterocycles. The Kier molecular flexibility index (Phi) is 4.86. The number of rotatable bonds is 4. The van der Waals surface area contributed by atoms with Crippen LogP contribution < -0.4 is 16.0 Å². The predicted octanol–water partition coefficient (Wildman–Crippen LogP) is -2.68. The lowest BCUT2D eigenvalue weighted by atomic mass is 10.1. The Morgan fingerprint density at radius 2 is 1.35 bits per heavy atom. The van der Waals surface area contributed by atoms with Gasteiger partial charge in [0.15, 0.2) is 0 Å². The molecule has 98 valence electrons. The highest BCUT2D eigenvalue weighted by Crippen LogP contribution is 2.13. The third-order valence-electron chi connectivity index (χ3n) is 2.74. The third kappa shape index (κ3) is 3.95. The minimum Gasteiger partial charge on any atom is -0.389 e. The van der Waals surface area contributed by atoms with Crippen LogP contribution in [0.1, 0.15) is 13.8 Å². The Bertz CT molecular complexity index is 269. The van der Waals surface area contributed by atoms with Crippen LogP contribution in [0.2, 0.25) is 0 Å². The number of hydrogen-bond acceptors (Lipinski definition) is 5. The zero-order chi connectivity index (χ0) is 13.0. The summed E-state index contributed by atoms with van der Waals surface area (Å²) in [5.41, 5.74) is 0. The Balaban J connectivity index is 2.44. The van der Waals surface area contributed by atoms with Gasteiger partial charge in [0.25, 0.3) is 0 Å². The van der Waals surface area contributed by atoms with Crippen LogP contribution in [0.15, 0.2) is 0 Å². The summed E-state index contributed by atoms with van der Waals surface area (Å²) >= 11 is 0. The monoisotopic (exact) mass is 245 g/mol. The lowest BCUT2D eigenvalue weighted by molar-refractivity contribution is -0.120. The van der Waals surface area contributed by atoms with E-state index in [0.29, 0.717) is 0 Å². The van der Waals surface area contributed by atoms with Crippen molar-refractivity contribution in [3.05, 3.63) is 0 Å². The van der Waals surface area contributed by atoms with Gasteiger partial charge in [0.05, 0.1) is 24.3 Å². The molecule has 1 aliphatic rings.